The number of amides is 3. The fourth-order valence-electron chi connectivity index (χ4n) is 1.92. The number of hydrogen-bond acceptors (Lipinski definition) is 4. The highest BCUT2D eigenvalue weighted by Gasteiger charge is 2.18. The average Bonchev–Trinajstić information content (AvgIpc) is 3.10. The number of carbonyl (C=O) groups is 2. The molecular formula is C14H17N3O2S2. The minimum atomic E-state index is -0.625. The van der Waals surface area contributed by atoms with E-state index in [1.165, 1.54) is 16.2 Å². The monoisotopic (exact) mass is 323 g/mol. The summed E-state index contributed by atoms with van der Waals surface area (Å²) in [4.78, 5) is 25.2. The number of thiophene rings is 2. The van der Waals surface area contributed by atoms with Gasteiger partial charge in [0, 0.05) is 16.3 Å². The van der Waals surface area contributed by atoms with Crippen LogP contribution in [0.1, 0.15) is 22.2 Å². The molecular weight excluding hydrogens is 306 g/mol. The van der Waals surface area contributed by atoms with Crippen LogP contribution >= 0.6 is 22.7 Å². The van der Waals surface area contributed by atoms with Crippen LogP contribution in [0.4, 0.5) is 4.79 Å². The summed E-state index contributed by atoms with van der Waals surface area (Å²) in [6.07, 6.45) is 1.00. The zero-order valence-corrected chi connectivity index (χ0v) is 13.0. The third-order valence-electron chi connectivity index (χ3n) is 2.87. The van der Waals surface area contributed by atoms with Gasteiger partial charge in [0.15, 0.2) is 0 Å². The summed E-state index contributed by atoms with van der Waals surface area (Å²) in [6.45, 7) is 0.590. The lowest BCUT2D eigenvalue weighted by molar-refractivity contribution is -0.121. The predicted molar refractivity (Wildman–Crippen MR) is 85.4 cm³/mol. The van der Waals surface area contributed by atoms with E-state index in [1.807, 2.05) is 35.0 Å². The molecule has 0 saturated heterocycles. The molecule has 0 fully saturated rings. The van der Waals surface area contributed by atoms with Gasteiger partial charge < -0.3 is 16.4 Å². The summed E-state index contributed by atoms with van der Waals surface area (Å²) in [6, 6.07) is 6.80. The van der Waals surface area contributed by atoms with Gasteiger partial charge in [-0.2, -0.15) is 0 Å². The lowest BCUT2D eigenvalue weighted by Gasteiger charge is -2.15. The fraction of sp³-hybridized carbons (Fsp3) is 0.286. The Bertz CT molecular complexity index is 567. The summed E-state index contributed by atoms with van der Waals surface area (Å²) >= 11 is 3.16. The van der Waals surface area contributed by atoms with Crippen molar-refractivity contribution in [1.29, 1.82) is 0 Å². The van der Waals surface area contributed by atoms with Crippen molar-refractivity contribution >= 4 is 34.6 Å². The van der Waals surface area contributed by atoms with Crippen molar-refractivity contribution < 1.29 is 9.59 Å². The molecule has 2 heterocycles. The van der Waals surface area contributed by atoms with Crippen molar-refractivity contribution in [2.75, 3.05) is 6.54 Å². The second-order valence-electron chi connectivity index (χ2n) is 4.46. The third-order valence-corrected chi connectivity index (χ3v) is 4.79. The molecule has 2 aromatic heterocycles. The first-order valence-corrected chi connectivity index (χ1v) is 8.29. The summed E-state index contributed by atoms with van der Waals surface area (Å²) in [5, 5.41) is 9.39. The maximum absolute atomic E-state index is 12.0. The van der Waals surface area contributed by atoms with E-state index in [2.05, 4.69) is 10.6 Å². The number of rotatable bonds is 7. The van der Waals surface area contributed by atoms with E-state index in [1.54, 1.807) is 11.3 Å². The van der Waals surface area contributed by atoms with E-state index >= 15 is 0 Å². The number of urea groups is 1. The van der Waals surface area contributed by atoms with Gasteiger partial charge in [0.1, 0.15) is 0 Å². The Morgan fingerprint density at radius 2 is 1.95 bits per heavy atom. The molecule has 7 heteroatoms. The van der Waals surface area contributed by atoms with Crippen LogP contribution in [-0.4, -0.2) is 18.5 Å². The van der Waals surface area contributed by atoms with Gasteiger partial charge in [-0.15, -0.1) is 22.7 Å². The summed E-state index contributed by atoms with van der Waals surface area (Å²) in [5.41, 5.74) is 5.16. The second-order valence-corrected chi connectivity index (χ2v) is 6.47. The number of carbonyl (C=O) groups excluding carboxylic acids is 2. The molecule has 2 rings (SSSR count). The van der Waals surface area contributed by atoms with E-state index in [-0.39, 0.29) is 18.4 Å². The Hall–Kier alpha value is -1.86. The molecule has 0 spiro atoms. The number of primary amides is 1. The molecule has 0 bridgehead atoms. The van der Waals surface area contributed by atoms with Gasteiger partial charge in [0.25, 0.3) is 0 Å². The Morgan fingerprint density at radius 1 is 1.19 bits per heavy atom. The molecule has 0 aromatic carbocycles. The number of hydrogen-bond donors (Lipinski definition) is 3. The van der Waals surface area contributed by atoms with Gasteiger partial charge in [-0.1, -0.05) is 12.1 Å². The quantitative estimate of drug-likeness (QED) is 0.730. The van der Waals surface area contributed by atoms with Crippen molar-refractivity contribution in [3.63, 3.8) is 0 Å². The highest BCUT2D eigenvalue weighted by atomic mass is 32.1. The maximum atomic E-state index is 12.0. The van der Waals surface area contributed by atoms with E-state index in [0.717, 1.165) is 11.3 Å². The van der Waals surface area contributed by atoms with Crippen molar-refractivity contribution in [2.24, 2.45) is 5.73 Å². The van der Waals surface area contributed by atoms with Crippen LogP contribution in [0.15, 0.2) is 35.0 Å². The van der Waals surface area contributed by atoms with Crippen molar-refractivity contribution in [2.45, 2.75) is 18.9 Å². The molecule has 0 radical (unpaired) electrons. The first-order valence-electron chi connectivity index (χ1n) is 6.53. The molecule has 4 N–H and O–H groups in total. The zero-order chi connectivity index (χ0) is 15.1. The zero-order valence-electron chi connectivity index (χ0n) is 11.4. The molecule has 0 unspecified atom stereocenters. The maximum Gasteiger partial charge on any atom is 0.312 e. The average molecular weight is 323 g/mol. The Balaban J connectivity index is 1.81. The Morgan fingerprint density at radius 3 is 2.57 bits per heavy atom. The standard InChI is InChI=1S/C14H17N3O2S2/c15-14(19)17-11(12-4-2-8-21-12)9-13(18)16-6-5-10-3-1-7-20-10/h1-4,7-8,11H,5-6,9H2,(H,16,18)(H3,15,17,19)/t11-/m1/s1. The van der Waals surface area contributed by atoms with E-state index < -0.39 is 6.03 Å². The van der Waals surface area contributed by atoms with Crippen LogP contribution in [0.3, 0.4) is 0 Å². The van der Waals surface area contributed by atoms with Gasteiger partial charge in [-0.3, -0.25) is 4.79 Å². The molecule has 5 nitrogen and oxygen atoms in total. The molecule has 2 aromatic rings. The first kappa shape index (κ1) is 15.5. The van der Waals surface area contributed by atoms with Crippen molar-refractivity contribution in [1.82, 2.24) is 10.6 Å². The number of nitrogens with one attached hydrogen (secondary N) is 2. The lowest BCUT2D eigenvalue weighted by Crippen LogP contribution is -2.36. The summed E-state index contributed by atoms with van der Waals surface area (Å²) in [5.74, 6) is -0.0984. The van der Waals surface area contributed by atoms with Crippen LogP contribution in [0.5, 0.6) is 0 Å². The molecule has 3 amide bonds. The van der Waals surface area contributed by atoms with Crippen molar-refractivity contribution in [3.8, 4) is 0 Å². The summed E-state index contributed by atoms with van der Waals surface area (Å²) in [7, 11) is 0. The molecule has 0 saturated carbocycles. The van der Waals surface area contributed by atoms with Crippen LogP contribution in [-0.2, 0) is 11.2 Å². The lowest BCUT2D eigenvalue weighted by atomic mass is 10.1. The van der Waals surface area contributed by atoms with Gasteiger partial charge >= 0.3 is 6.03 Å². The fourth-order valence-corrected chi connectivity index (χ4v) is 3.41. The van der Waals surface area contributed by atoms with Gasteiger partial charge in [0.05, 0.1) is 12.5 Å². The smallest absolute Gasteiger partial charge is 0.312 e. The highest BCUT2D eigenvalue weighted by molar-refractivity contribution is 7.10. The molecule has 0 aliphatic rings. The van der Waals surface area contributed by atoms with Gasteiger partial charge in [-0.25, -0.2) is 4.79 Å². The van der Waals surface area contributed by atoms with Crippen LogP contribution < -0.4 is 16.4 Å². The molecule has 0 aliphatic heterocycles. The van der Waals surface area contributed by atoms with Gasteiger partial charge in [-0.05, 0) is 29.3 Å². The SMILES string of the molecule is NC(=O)N[C@H](CC(=O)NCCc1cccs1)c1cccs1. The van der Waals surface area contributed by atoms with E-state index in [0.29, 0.717) is 6.54 Å². The van der Waals surface area contributed by atoms with Crippen LogP contribution in [0.2, 0.25) is 0 Å². The normalized spacial score (nSPS) is 11.8. The topological polar surface area (TPSA) is 84.2 Å². The molecule has 112 valence electrons. The minimum absolute atomic E-state index is 0.0984. The Kier molecular flexibility index (Phi) is 5.77. The largest absolute Gasteiger partial charge is 0.356 e. The first-order chi connectivity index (χ1) is 10.1. The minimum Gasteiger partial charge on any atom is -0.356 e. The second kappa shape index (κ2) is 7.80. The highest BCUT2D eigenvalue weighted by Crippen LogP contribution is 2.21. The van der Waals surface area contributed by atoms with Crippen LogP contribution in [0.25, 0.3) is 0 Å². The van der Waals surface area contributed by atoms with Crippen molar-refractivity contribution in [3.05, 3.63) is 44.8 Å². The van der Waals surface area contributed by atoms with Gasteiger partial charge in [0.2, 0.25) is 5.91 Å². The Labute approximate surface area is 131 Å². The molecule has 1 atom stereocenters. The predicted octanol–water partition coefficient (Wildman–Crippen LogP) is 2.27. The number of nitrogens with two attached hydrogens (primary N) is 1. The summed E-state index contributed by atoms with van der Waals surface area (Å²) < 4.78 is 0. The van der Waals surface area contributed by atoms with Crippen LogP contribution in [0, 0.1) is 0 Å². The molecule has 0 aliphatic carbocycles. The van der Waals surface area contributed by atoms with E-state index in [4.69, 9.17) is 5.73 Å². The third kappa shape index (κ3) is 5.20. The molecule has 21 heavy (non-hydrogen) atoms. The van der Waals surface area contributed by atoms with E-state index in [9.17, 15) is 9.59 Å².